The molecule has 0 spiro atoms. The number of methoxy groups -OCH3 is 1. The largest absolute Gasteiger partial charge is 0.467 e. The third-order valence-corrected chi connectivity index (χ3v) is 5.92. The topological polar surface area (TPSA) is 122 Å². The molecular weight excluding hydrogens is 458 g/mol. The number of carbonyl (C=O) groups excluding carboxylic acids is 2. The maximum absolute atomic E-state index is 12.3. The van der Waals surface area contributed by atoms with Crippen LogP contribution in [0.5, 0.6) is 0 Å². The molecule has 35 heavy (non-hydrogen) atoms. The van der Waals surface area contributed by atoms with Crippen LogP contribution in [-0.2, 0) is 44.6 Å². The van der Waals surface area contributed by atoms with Gasteiger partial charge in [-0.25, -0.2) is 4.79 Å². The quantitative estimate of drug-likeness (QED) is 0.467. The van der Waals surface area contributed by atoms with Gasteiger partial charge in [0.1, 0.15) is 18.3 Å². The van der Waals surface area contributed by atoms with Crippen molar-refractivity contribution in [3.63, 3.8) is 0 Å². The predicted octanol–water partition coefficient (Wildman–Crippen LogP) is 1.67. The Hall–Kier alpha value is -2.08. The zero-order valence-corrected chi connectivity index (χ0v) is 21.2. The highest BCUT2D eigenvalue weighted by Gasteiger charge is 2.54. The van der Waals surface area contributed by atoms with E-state index in [0.29, 0.717) is 0 Å². The Morgan fingerprint density at radius 3 is 2.37 bits per heavy atom. The Bertz CT molecular complexity index is 860. The Balaban J connectivity index is 1.91. The van der Waals surface area contributed by atoms with Crippen LogP contribution < -0.4 is 5.32 Å². The molecule has 2 N–H and O–H groups in total. The highest BCUT2D eigenvalue weighted by molar-refractivity contribution is 5.74. The number of hydrogen-bond acceptors (Lipinski definition) is 9. The van der Waals surface area contributed by atoms with Crippen molar-refractivity contribution in [1.82, 2.24) is 5.32 Å². The van der Waals surface area contributed by atoms with Gasteiger partial charge < -0.3 is 38.8 Å². The second-order valence-corrected chi connectivity index (χ2v) is 9.77. The maximum atomic E-state index is 12.3. The average molecular weight is 496 g/mol. The van der Waals surface area contributed by atoms with E-state index < -0.39 is 54.1 Å². The molecule has 3 rings (SSSR count). The van der Waals surface area contributed by atoms with E-state index in [9.17, 15) is 14.7 Å². The Labute approximate surface area is 206 Å². The highest BCUT2D eigenvalue weighted by Crippen LogP contribution is 2.38. The summed E-state index contributed by atoms with van der Waals surface area (Å²) in [6.45, 7) is 9.02. The van der Waals surface area contributed by atoms with E-state index in [1.54, 1.807) is 13.8 Å². The van der Waals surface area contributed by atoms with Crippen molar-refractivity contribution in [3.05, 3.63) is 35.9 Å². The van der Waals surface area contributed by atoms with E-state index in [1.807, 2.05) is 44.2 Å². The van der Waals surface area contributed by atoms with Crippen molar-refractivity contribution in [1.29, 1.82) is 0 Å². The van der Waals surface area contributed by atoms with Gasteiger partial charge in [-0.2, -0.15) is 0 Å². The molecule has 2 saturated heterocycles. The molecule has 0 bridgehead atoms. The maximum Gasteiger partial charge on any atom is 0.334 e. The van der Waals surface area contributed by atoms with Crippen LogP contribution >= 0.6 is 0 Å². The third-order valence-electron chi connectivity index (χ3n) is 5.92. The smallest absolute Gasteiger partial charge is 0.334 e. The lowest BCUT2D eigenvalue weighted by Crippen LogP contribution is -2.57. The SMILES string of the molecule is COC(=O)C(O)C[C@H](OCc1ccccc1)[C@@H](NC(C)=O)[C@H]1OC(C)(C)O[C@@H]1[C@H]1COC(C)(C)O1. The van der Waals surface area contributed by atoms with Gasteiger partial charge in [0.15, 0.2) is 17.7 Å². The standard InChI is InChI=1S/C25H37NO9/c1-15(27)26-20(22-21(34-25(4,5)35-22)19-14-32-24(2,3)33-19)18(12-17(28)23(29)30-6)31-13-16-10-8-7-9-11-16/h7-11,17-22,28H,12-14H2,1-6H3,(H,26,27)/t17?,18-,19+,20+,21+,22+/m0/s1. The number of rotatable bonds is 10. The molecule has 2 heterocycles. The Kier molecular flexibility index (Phi) is 8.90. The Morgan fingerprint density at radius 1 is 1.11 bits per heavy atom. The molecule has 0 radical (unpaired) electrons. The van der Waals surface area contributed by atoms with Crippen LogP contribution in [0.25, 0.3) is 0 Å². The predicted molar refractivity (Wildman–Crippen MR) is 124 cm³/mol. The zero-order valence-electron chi connectivity index (χ0n) is 21.2. The first kappa shape index (κ1) is 27.5. The molecule has 0 aromatic heterocycles. The van der Waals surface area contributed by atoms with E-state index in [4.69, 9.17) is 28.4 Å². The summed E-state index contributed by atoms with van der Waals surface area (Å²) in [6, 6.07) is 8.67. The van der Waals surface area contributed by atoms with Gasteiger partial charge in [0, 0.05) is 13.3 Å². The van der Waals surface area contributed by atoms with Crippen LogP contribution in [0.15, 0.2) is 30.3 Å². The van der Waals surface area contributed by atoms with Crippen LogP contribution in [0.2, 0.25) is 0 Å². The second-order valence-electron chi connectivity index (χ2n) is 9.77. The lowest BCUT2D eigenvalue weighted by molar-refractivity contribution is -0.175. The van der Waals surface area contributed by atoms with E-state index in [2.05, 4.69) is 5.32 Å². The van der Waals surface area contributed by atoms with Gasteiger partial charge >= 0.3 is 5.97 Å². The zero-order chi connectivity index (χ0) is 25.8. The normalized spacial score (nSPS) is 27.7. The number of aliphatic hydroxyl groups is 1. The molecule has 2 fully saturated rings. The van der Waals surface area contributed by atoms with Crippen molar-refractivity contribution < 1.29 is 43.1 Å². The molecule has 1 unspecified atom stereocenters. The average Bonchev–Trinajstić information content (AvgIpc) is 3.32. The molecule has 2 aliphatic rings. The van der Waals surface area contributed by atoms with E-state index >= 15 is 0 Å². The van der Waals surface area contributed by atoms with Gasteiger partial charge in [0.05, 0.1) is 32.5 Å². The van der Waals surface area contributed by atoms with Crippen LogP contribution in [-0.4, -0.2) is 78.8 Å². The summed E-state index contributed by atoms with van der Waals surface area (Å²) in [5, 5.41) is 13.4. The van der Waals surface area contributed by atoms with Crippen molar-refractivity contribution in [2.75, 3.05) is 13.7 Å². The summed E-state index contributed by atoms with van der Waals surface area (Å²) in [5.74, 6) is -2.90. The van der Waals surface area contributed by atoms with Gasteiger partial charge in [-0.15, -0.1) is 0 Å². The van der Waals surface area contributed by atoms with Crippen molar-refractivity contribution in [3.8, 4) is 0 Å². The first-order chi connectivity index (χ1) is 16.4. The molecule has 1 aromatic carbocycles. The molecule has 1 amide bonds. The summed E-state index contributed by atoms with van der Waals surface area (Å²) < 4.78 is 35.1. The number of esters is 1. The number of carbonyl (C=O) groups is 2. The number of aliphatic hydroxyl groups excluding tert-OH is 1. The van der Waals surface area contributed by atoms with Gasteiger partial charge in [-0.1, -0.05) is 30.3 Å². The molecule has 196 valence electrons. The fourth-order valence-electron chi connectivity index (χ4n) is 4.43. The van der Waals surface area contributed by atoms with Gasteiger partial charge in [-0.05, 0) is 33.3 Å². The number of amides is 1. The first-order valence-corrected chi connectivity index (χ1v) is 11.8. The fourth-order valence-corrected chi connectivity index (χ4v) is 4.43. The molecule has 6 atom stereocenters. The summed E-state index contributed by atoms with van der Waals surface area (Å²) in [4.78, 5) is 24.3. The van der Waals surface area contributed by atoms with Crippen molar-refractivity contribution in [2.24, 2.45) is 0 Å². The highest BCUT2D eigenvalue weighted by atomic mass is 16.8. The van der Waals surface area contributed by atoms with Crippen LogP contribution in [0.4, 0.5) is 0 Å². The minimum absolute atomic E-state index is 0.134. The number of benzene rings is 1. The molecule has 10 heteroatoms. The Morgan fingerprint density at radius 2 is 1.80 bits per heavy atom. The molecule has 0 aliphatic carbocycles. The summed E-state index contributed by atoms with van der Waals surface area (Å²) >= 11 is 0. The van der Waals surface area contributed by atoms with E-state index in [-0.39, 0.29) is 25.5 Å². The number of nitrogens with one attached hydrogen (secondary N) is 1. The molecular formula is C25H37NO9. The third kappa shape index (κ3) is 7.45. The van der Waals surface area contributed by atoms with E-state index in [0.717, 1.165) is 5.56 Å². The van der Waals surface area contributed by atoms with Crippen LogP contribution in [0.1, 0.15) is 46.6 Å². The monoisotopic (exact) mass is 495 g/mol. The molecule has 0 saturated carbocycles. The summed E-state index contributed by atoms with van der Waals surface area (Å²) in [7, 11) is 1.20. The summed E-state index contributed by atoms with van der Waals surface area (Å²) in [5.41, 5.74) is 0.890. The van der Waals surface area contributed by atoms with Crippen LogP contribution in [0, 0.1) is 0 Å². The van der Waals surface area contributed by atoms with Gasteiger partial charge in [0.25, 0.3) is 0 Å². The molecule has 2 aliphatic heterocycles. The van der Waals surface area contributed by atoms with Crippen LogP contribution in [0.3, 0.4) is 0 Å². The molecule has 10 nitrogen and oxygen atoms in total. The lowest BCUT2D eigenvalue weighted by Gasteiger charge is -2.35. The minimum atomic E-state index is -1.46. The first-order valence-electron chi connectivity index (χ1n) is 11.8. The molecule has 1 aromatic rings. The van der Waals surface area contributed by atoms with Crippen molar-refractivity contribution >= 4 is 11.9 Å². The summed E-state index contributed by atoms with van der Waals surface area (Å²) in [6.07, 6.45) is -4.22. The number of hydrogen-bond donors (Lipinski definition) is 2. The van der Waals surface area contributed by atoms with Gasteiger partial charge in [0.2, 0.25) is 5.91 Å². The lowest BCUT2D eigenvalue weighted by atomic mass is 9.93. The number of ether oxygens (including phenoxy) is 6. The minimum Gasteiger partial charge on any atom is -0.467 e. The van der Waals surface area contributed by atoms with Crippen molar-refractivity contribution in [2.45, 2.75) is 95.8 Å². The van der Waals surface area contributed by atoms with Gasteiger partial charge in [-0.3, -0.25) is 4.79 Å². The second kappa shape index (κ2) is 11.3. The fraction of sp³-hybridized carbons (Fsp3) is 0.680. The van der Waals surface area contributed by atoms with E-state index in [1.165, 1.54) is 14.0 Å².